The molecule has 1 saturated heterocycles. The van der Waals surface area contributed by atoms with Gasteiger partial charge in [-0.25, -0.2) is 8.78 Å². The fourth-order valence-corrected chi connectivity index (χ4v) is 1.99. The predicted molar refractivity (Wildman–Crippen MR) is 61.1 cm³/mol. The summed E-state index contributed by atoms with van der Waals surface area (Å²) in [4.78, 5) is 2.13. The van der Waals surface area contributed by atoms with Gasteiger partial charge in [-0.2, -0.15) is 0 Å². The molecule has 1 aromatic carbocycles. The lowest BCUT2D eigenvalue weighted by Gasteiger charge is -2.27. The minimum atomic E-state index is -0.658. The van der Waals surface area contributed by atoms with Crippen molar-refractivity contribution in [1.29, 1.82) is 0 Å². The fourth-order valence-electron chi connectivity index (χ4n) is 1.99. The van der Waals surface area contributed by atoms with Gasteiger partial charge in [-0.3, -0.25) is 4.90 Å². The Labute approximate surface area is 99.4 Å². The van der Waals surface area contributed by atoms with Gasteiger partial charge in [0.15, 0.2) is 17.4 Å². The average Bonchev–Trinajstić information content (AvgIpc) is 2.35. The Morgan fingerprint density at radius 1 is 1.29 bits per heavy atom. The van der Waals surface area contributed by atoms with Crippen LogP contribution in [-0.4, -0.2) is 38.2 Å². The summed E-state index contributed by atoms with van der Waals surface area (Å²) in [6.45, 7) is 4.04. The molecule has 0 bridgehead atoms. The van der Waals surface area contributed by atoms with E-state index in [-0.39, 0.29) is 5.75 Å². The summed E-state index contributed by atoms with van der Waals surface area (Å²) in [5, 5.41) is 3.23. The minimum Gasteiger partial charge on any atom is -0.491 e. The maximum atomic E-state index is 13.9. The standard InChI is InChI=1S/C12H16F2N2O/c1-17-12-10(13)3-2-9(11(12)14)8-16-6-4-15-5-7-16/h2-3,15H,4-8H2,1H3. The molecule has 2 rings (SSSR count). The Hall–Kier alpha value is -1.20. The van der Waals surface area contributed by atoms with E-state index in [0.29, 0.717) is 12.1 Å². The summed E-state index contributed by atoms with van der Waals surface area (Å²) >= 11 is 0. The Morgan fingerprint density at radius 2 is 2.00 bits per heavy atom. The van der Waals surface area contributed by atoms with E-state index in [9.17, 15) is 8.78 Å². The van der Waals surface area contributed by atoms with Gasteiger partial charge in [0.25, 0.3) is 0 Å². The molecule has 1 heterocycles. The van der Waals surface area contributed by atoms with Gasteiger partial charge >= 0.3 is 0 Å². The first-order chi connectivity index (χ1) is 8.22. The van der Waals surface area contributed by atoms with Gasteiger partial charge in [-0.15, -0.1) is 0 Å². The van der Waals surface area contributed by atoms with Crippen LogP contribution >= 0.6 is 0 Å². The number of rotatable bonds is 3. The molecule has 0 saturated carbocycles. The van der Waals surface area contributed by atoms with Crippen molar-refractivity contribution in [2.24, 2.45) is 0 Å². The number of nitrogens with zero attached hydrogens (tertiary/aromatic N) is 1. The lowest BCUT2D eigenvalue weighted by molar-refractivity contribution is 0.229. The Kier molecular flexibility index (Phi) is 3.91. The monoisotopic (exact) mass is 242 g/mol. The molecular weight excluding hydrogens is 226 g/mol. The molecule has 1 aliphatic rings. The molecule has 94 valence electrons. The van der Waals surface area contributed by atoms with Crippen LogP contribution in [0.2, 0.25) is 0 Å². The molecule has 1 aliphatic heterocycles. The second-order valence-corrected chi connectivity index (χ2v) is 4.08. The molecule has 0 radical (unpaired) electrons. The van der Waals surface area contributed by atoms with Crippen LogP contribution in [0.4, 0.5) is 8.78 Å². The third-order valence-corrected chi connectivity index (χ3v) is 2.94. The maximum Gasteiger partial charge on any atom is 0.190 e. The van der Waals surface area contributed by atoms with Crippen molar-refractivity contribution in [3.05, 3.63) is 29.3 Å². The second-order valence-electron chi connectivity index (χ2n) is 4.08. The van der Waals surface area contributed by atoms with Crippen molar-refractivity contribution in [3.63, 3.8) is 0 Å². The molecule has 0 spiro atoms. The number of ether oxygens (including phenoxy) is 1. The molecule has 0 aromatic heterocycles. The van der Waals surface area contributed by atoms with Crippen molar-refractivity contribution >= 4 is 0 Å². The smallest absolute Gasteiger partial charge is 0.190 e. The van der Waals surface area contributed by atoms with Crippen molar-refractivity contribution in [3.8, 4) is 5.75 Å². The number of hydrogen-bond donors (Lipinski definition) is 1. The molecule has 17 heavy (non-hydrogen) atoms. The van der Waals surface area contributed by atoms with Crippen molar-refractivity contribution in [2.45, 2.75) is 6.54 Å². The maximum absolute atomic E-state index is 13.9. The summed E-state index contributed by atoms with van der Waals surface area (Å²) in [7, 11) is 1.27. The quantitative estimate of drug-likeness (QED) is 0.866. The van der Waals surface area contributed by atoms with Gasteiger partial charge in [0.2, 0.25) is 0 Å². The summed E-state index contributed by atoms with van der Waals surface area (Å²) in [6, 6.07) is 2.73. The Morgan fingerprint density at radius 3 is 2.65 bits per heavy atom. The normalized spacial score (nSPS) is 17.1. The summed E-state index contributed by atoms with van der Waals surface area (Å²) in [5.41, 5.74) is 0.477. The average molecular weight is 242 g/mol. The van der Waals surface area contributed by atoms with E-state index in [4.69, 9.17) is 4.74 Å². The van der Waals surface area contributed by atoms with Crippen LogP contribution in [0.3, 0.4) is 0 Å². The first-order valence-electron chi connectivity index (χ1n) is 5.66. The van der Waals surface area contributed by atoms with Crippen LogP contribution < -0.4 is 10.1 Å². The van der Waals surface area contributed by atoms with Crippen LogP contribution in [-0.2, 0) is 6.54 Å². The number of halogens is 2. The molecule has 1 fully saturated rings. The number of piperazine rings is 1. The first-order valence-corrected chi connectivity index (χ1v) is 5.66. The van der Waals surface area contributed by atoms with Gasteiger partial charge in [0.05, 0.1) is 7.11 Å². The molecule has 0 amide bonds. The Bertz CT molecular complexity index is 392. The fraction of sp³-hybridized carbons (Fsp3) is 0.500. The van der Waals surface area contributed by atoms with E-state index < -0.39 is 11.6 Å². The number of hydrogen-bond acceptors (Lipinski definition) is 3. The van der Waals surface area contributed by atoms with Gasteiger partial charge < -0.3 is 10.1 Å². The largest absolute Gasteiger partial charge is 0.491 e. The van der Waals surface area contributed by atoms with Crippen LogP contribution in [0, 0.1) is 11.6 Å². The van der Waals surface area contributed by atoms with E-state index in [2.05, 4.69) is 10.2 Å². The minimum absolute atomic E-state index is 0.294. The zero-order valence-corrected chi connectivity index (χ0v) is 9.80. The predicted octanol–water partition coefficient (Wildman–Crippen LogP) is 1.38. The zero-order chi connectivity index (χ0) is 12.3. The van der Waals surface area contributed by atoms with Gasteiger partial charge in [-0.05, 0) is 6.07 Å². The molecule has 3 nitrogen and oxygen atoms in total. The van der Waals surface area contributed by atoms with Crippen LogP contribution in [0.1, 0.15) is 5.56 Å². The third-order valence-electron chi connectivity index (χ3n) is 2.94. The lowest BCUT2D eigenvalue weighted by atomic mass is 10.1. The lowest BCUT2D eigenvalue weighted by Crippen LogP contribution is -2.43. The van der Waals surface area contributed by atoms with Crippen LogP contribution in [0.25, 0.3) is 0 Å². The molecule has 1 N–H and O–H groups in total. The highest BCUT2D eigenvalue weighted by Crippen LogP contribution is 2.25. The summed E-state index contributed by atoms with van der Waals surface area (Å²) in [5.74, 6) is -1.54. The molecule has 1 aromatic rings. The van der Waals surface area contributed by atoms with E-state index >= 15 is 0 Å². The summed E-state index contributed by atoms with van der Waals surface area (Å²) in [6.07, 6.45) is 0. The van der Waals surface area contributed by atoms with Gasteiger partial charge in [0.1, 0.15) is 0 Å². The number of methoxy groups -OCH3 is 1. The summed E-state index contributed by atoms with van der Waals surface area (Å²) < 4.78 is 31.8. The highest BCUT2D eigenvalue weighted by atomic mass is 19.1. The molecular formula is C12H16F2N2O. The third kappa shape index (κ3) is 2.73. The van der Waals surface area contributed by atoms with E-state index in [1.165, 1.54) is 19.2 Å². The van der Waals surface area contributed by atoms with Gasteiger partial charge in [0, 0.05) is 38.3 Å². The zero-order valence-electron chi connectivity index (χ0n) is 9.80. The van der Waals surface area contributed by atoms with E-state index in [1.54, 1.807) is 0 Å². The van der Waals surface area contributed by atoms with Crippen molar-refractivity contribution in [2.75, 3.05) is 33.3 Å². The van der Waals surface area contributed by atoms with Crippen molar-refractivity contribution in [1.82, 2.24) is 10.2 Å². The van der Waals surface area contributed by atoms with E-state index in [1.807, 2.05) is 0 Å². The first kappa shape index (κ1) is 12.3. The SMILES string of the molecule is COc1c(F)ccc(CN2CCNCC2)c1F. The molecule has 0 atom stereocenters. The second kappa shape index (κ2) is 5.42. The van der Waals surface area contributed by atoms with Gasteiger partial charge in [-0.1, -0.05) is 6.07 Å². The van der Waals surface area contributed by atoms with E-state index in [0.717, 1.165) is 26.2 Å². The highest BCUT2D eigenvalue weighted by molar-refractivity contribution is 5.32. The topological polar surface area (TPSA) is 24.5 Å². The molecule has 5 heteroatoms. The van der Waals surface area contributed by atoms with Crippen molar-refractivity contribution < 1.29 is 13.5 Å². The number of nitrogens with one attached hydrogen (secondary N) is 1. The Balaban J connectivity index is 2.15. The van der Waals surface area contributed by atoms with Crippen LogP contribution in [0.5, 0.6) is 5.75 Å². The van der Waals surface area contributed by atoms with Crippen LogP contribution in [0.15, 0.2) is 12.1 Å². The molecule has 0 unspecified atom stereocenters. The highest BCUT2D eigenvalue weighted by Gasteiger charge is 2.17. The molecule has 0 aliphatic carbocycles. The number of benzene rings is 1.